The number of nitrogens with zero attached hydrogens (tertiary/aromatic N) is 2. The quantitative estimate of drug-likeness (QED) is 0.907. The van der Waals surface area contributed by atoms with Crippen LogP contribution in [0.25, 0.3) is 5.69 Å². The molecule has 0 aliphatic rings. The SMILES string of the molecule is COc1c(F)c(C(=O)O)nn1-c1ccccc1F. The highest BCUT2D eigenvalue weighted by Gasteiger charge is 2.25. The van der Waals surface area contributed by atoms with Crippen LogP contribution in [0, 0.1) is 11.6 Å². The van der Waals surface area contributed by atoms with Crippen LogP contribution in [0.1, 0.15) is 10.5 Å². The molecule has 0 fully saturated rings. The molecule has 5 nitrogen and oxygen atoms in total. The molecule has 94 valence electrons. The molecule has 0 saturated carbocycles. The Balaban J connectivity index is 2.68. The number of para-hydroxylation sites is 1. The lowest BCUT2D eigenvalue weighted by Crippen LogP contribution is -2.04. The lowest BCUT2D eigenvalue weighted by atomic mass is 10.3. The highest BCUT2D eigenvalue weighted by Crippen LogP contribution is 2.25. The lowest BCUT2D eigenvalue weighted by molar-refractivity contribution is 0.0685. The topological polar surface area (TPSA) is 64.3 Å². The highest BCUT2D eigenvalue weighted by atomic mass is 19.1. The number of rotatable bonds is 3. The zero-order valence-corrected chi connectivity index (χ0v) is 9.22. The standard InChI is InChI=1S/C11H8F2N2O3/c1-18-10-8(13)9(11(16)17)14-15(10)7-5-3-2-4-6(7)12/h2-5H,1H3,(H,16,17). The van der Waals surface area contributed by atoms with Crippen LogP contribution in [0.15, 0.2) is 24.3 Å². The second-order valence-corrected chi connectivity index (χ2v) is 3.34. The molecule has 7 heteroatoms. The van der Waals surface area contributed by atoms with Crippen LogP contribution in [0.2, 0.25) is 0 Å². The van der Waals surface area contributed by atoms with Gasteiger partial charge in [-0.3, -0.25) is 0 Å². The number of aromatic nitrogens is 2. The molecule has 0 radical (unpaired) electrons. The van der Waals surface area contributed by atoms with Gasteiger partial charge in [0.15, 0.2) is 0 Å². The average Bonchev–Trinajstić information content (AvgIpc) is 2.67. The highest BCUT2D eigenvalue weighted by molar-refractivity contribution is 5.86. The Hall–Kier alpha value is -2.44. The Kier molecular flexibility index (Phi) is 2.97. The van der Waals surface area contributed by atoms with E-state index in [0.29, 0.717) is 0 Å². The number of ether oxygens (including phenoxy) is 1. The molecule has 1 aromatic carbocycles. The molecule has 0 aliphatic carbocycles. The van der Waals surface area contributed by atoms with Crippen LogP contribution in [0.5, 0.6) is 5.88 Å². The summed E-state index contributed by atoms with van der Waals surface area (Å²) >= 11 is 0. The van der Waals surface area contributed by atoms with Gasteiger partial charge in [-0.1, -0.05) is 12.1 Å². The molecular weight excluding hydrogens is 246 g/mol. The van der Waals surface area contributed by atoms with Crippen molar-refractivity contribution in [3.8, 4) is 11.6 Å². The van der Waals surface area contributed by atoms with Crippen molar-refractivity contribution in [2.24, 2.45) is 0 Å². The van der Waals surface area contributed by atoms with E-state index in [-0.39, 0.29) is 5.69 Å². The summed E-state index contributed by atoms with van der Waals surface area (Å²) in [6.45, 7) is 0. The predicted octanol–water partition coefficient (Wildman–Crippen LogP) is 1.86. The summed E-state index contributed by atoms with van der Waals surface area (Å²) in [4.78, 5) is 10.8. The summed E-state index contributed by atoms with van der Waals surface area (Å²) in [5.41, 5.74) is -0.921. The summed E-state index contributed by atoms with van der Waals surface area (Å²) in [6, 6.07) is 5.44. The molecule has 0 unspecified atom stereocenters. The maximum Gasteiger partial charge on any atom is 0.359 e. The van der Waals surface area contributed by atoms with Gasteiger partial charge in [0, 0.05) is 0 Å². The predicted molar refractivity (Wildman–Crippen MR) is 57.0 cm³/mol. The maximum atomic E-state index is 13.6. The van der Waals surface area contributed by atoms with E-state index >= 15 is 0 Å². The molecule has 2 rings (SSSR count). The van der Waals surface area contributed by atoms with Crippen LogP contribution < -0.4 is 4.74 Å². The summed E-state index contributed by atoms with van der Waals surface area (Å²) in [5, 5.41) is 12.2. The van der Waals surface area contributed by atoms with Crippen LogP contribution in [-0.2, 0) is 0 Å². The number of hydrogen-bond donors (Lipinski definition) is 1. The number of benzene rings is 1. The molecule has 0 atom stereocenters. The monoisotopic (exact) mass is 254 g/mol. The van der Waals surface area contributed by atoms with E-state index < -0.39 is 29.2 Å². The lowest BCUT2D eigenvalue weighted by Gasteiger charge is -2.06. The molecule has 0 bridgehead atoms. The molecule has 1 aromatic heterocycles. The summed E-state index contributed by atoms with van der Waals surface area (Å²) in [5.74, 6) is -3.83. The minimum atomic E-state index is -1.55. The van der Waals surface area contributed by atoms with E-state index in [2.05, 4.69) is 5.10 Å². The number of hydrogen-bond acceptors (Lipinski definition) is 3. The van der Waals surface area contributed by atoms with Crippen LogP contribution >= 0.6 is 0 Å². The van der Waals surface area contributed by atoms with Crippen molar-refractivity contribution in [3.63, 3.8) is 0 Å². The Morgan fingerprint density at radius 3 is 2.61 bits per heavy atom. The summed E-state index contributed by atoms with van der Waals surface area (Å²) < 4.78 is 32.7. The van der Waals surface area contributed by atoms with Crippen molar-refractivity contribution >= 4 is 5.97 Å². The largest absolute Gasteiger partial charge is 0.479 e. The number of halogens is 2. The Labute approximate surface area is 100 Å². The number of carboxylic acids is 1. The van der Waals surface area contributed by atoms with Crippen LogP contribution in [-0.4, -0.2) is 28.0 Å². The fourth-order valence-corrected chi connectivity index (χ4v) is 1.48. The normalized spacial score (nSPS) is 10.4. The molecule has 0 amide bonds. The van der Waals surface area contributed by atoms with E-state index in [1.54, 1.807) is 0 Å². The van der Waals surface area contributed by atoms with Crippen molar-refractivity contribution in [2.75, 3.05) is 7.11 Å². The van der Waals surface area contributed by atoms with Crippen molar-refractivity contribution in [1.29, 1.82) is 0 Å². The fourth-order valence-electron chi connectivity index (χ4n) is 1.48. The molecule has 18 heavy (non-hydrogen) atoms. The van der Waals surface area contributed by atoms with E-state index in [0.717, 1.165) is 17.9 Å². The fraction of sp³-hybridized carbons (Fsp3) is 0.0909. The first-order chi connectivity index (χ1) is 8.56. The number of aromatic carboxylic acids is 1. The number of carboxylic acid groups (broad SMARTS) is 1. The van der Waals surface area contributed by atoms with E-state index in [4.69, 9.17) is 9.84 Å². The van der Waals surface area contributed by atoms with Gasteiger partial charge >= 0.3 is 5.97 Å². The van der Waals surface area contributed by atoms with Gasteiger partial charge in [0.1, 0.15) is 11.5 Å². The molecule has 0 spiro atoms. The van der Waals surface area contributed by atoms with Crippen LogP contribution in [0.4, 0.5) is 8.78 Å². The third-order valence-electron chi connectivity index (χ3n) is 2.26. The zero-order chi connectivity index (χ0) is 13.3. The maximum absolute atomic E-state index is 13.6. The summed E-state index contributed by atoms with van der Waals surface area (Å²) in [7, 11) is 1.14. The van der Waals surface area contributed by atoms with E-state index in [1.807, 2.05) is 0 Å². The molecule has 1 heterocycles. The minimum Gasteiger partial charge on any atom is -0.479 e. The summed E-state index contributed by atoms with van der Waals surface area (Å²) in [6.07, 6.45) is 0. The van der Waals surface area contributed by atoms with Crippen molar-refractivity contribution < 1.29 is 23.4 Å². The first-order valence-electron chi connectivity index (χ1n) is 4.87. The Morgan fingerprint density at radius 2 is 2.06 bits per heavy atom. The van der Waals surface area contributed by atoms with Gasteiger partial charge in [-0.25, -0.2) is 9.18 Å². The van der Waals surface area contributed by atoms with Gasteiger partial charge in [-0.15, -0.1) is 0 Å². The van der Waals surface area contributed by atoms with Gasteiger partial charge in [0.25, 0.3) is 5.88 Å². The van der Waals surface area contributed by atoms with Crippen molar-refractivity contribution in [2.45, 2.75) is 0 Å². The van der Waals surface area contributed by atoms with Crippen molar-refractivity contribution in [3.05, 3.63) is 41.6 Å². The number of methoxy groups -OCH3 is 1. The minimum absolute atomic E-state index is 0.0965. The molecule has 2 aromatic rings. The number of carbonyl (C=O) groups is 1. The van der Waals surface area contributed by atoms with Gasteiger partial charge in [-0.2, -0.15) is 14.2 Å². The second kappa shape index (κ2) is 4.44. The van der Waals surface area contributed by atoms with Gasteiger partial charge in [-0.05, 0) is 12.1 Å². The first-order valence-corrected chi connectivity index (χ1v) is 4.87. The van der Waals surface area contributed by atoms with Gasteiger partial charge in [0.2, 0.25) is 11.5 Å². The average molecular weight is 254 g/mol. The van der Waals surface area contributed by atoms with Crippen LogP contribution in [0.3, 0.4) is 0 Å². The first kappa shape index (κ1) is 12.0. The third-order valence-corrected chi connectivity index (χ3v) is 2.26. The Bertz CT molecular complexity index is 610. The Morgan fingerprint density at radius 1 is 1.39 bits per heavy atom. The molecule has 0 saturated heterocycles. The molecular formula is C11H8F2N2O3. The molecule has 0 aliphatic heterocycles. The van der Waals surface area contributed by atoms with Gasteiger partial charge in [0.05, 0.1) is 7.11 Å². The zero-order valence-electron chi connectivity index (χ0n) is 9.22. The molecule has 1 N–H and O–H groups in total. The van der Waals surface area contributed by atoms with Gasteiger partial charge < -0.3 is 9.84 Å². The smallest absolute Gasteiger partial charge is 0.359 e. The van der Waals surface area contributed by atoms with E-state index in [9.17, 15) is 13.6 Å². The third kappa shape index (κ3) is 1.79. The van der Waals surface area contributed by atoms with Crippen molar-refractivity contribution in [1.82, 2.24) is 9.78 Å². The second-order valence-electron chi connectivity index (χ2n) is 3.34. The van der Waals surface area contributed by atoms with E-state index in [1.165, 1.54) is 18.2 Å².